The van der Waals surface area contributed by atoms with Crippen molar-refractivity contribution in [3.8, 4) is 0 Å². The molecule has 1 aromatic carbocycles. The normalized spacial score (nSPS) is 22.9. The summed E-state index contributed by atoms with van der Waals surface area (Å²) in [6.45, 7) is 1.72. The number of nitrogens with zero attached hydrogens (tertiary/aromatic N) is 2. The van der Waals surface area contributed by atoms with E-state index in [1.54, 1.807) is 13.0 Å². The summed E-state index contributed by atoms with van der Waals surface area (Å²) in [6.07, 6.45) is 0.221. The van der Waals surface area contributed by atoms with Gasteiger partial charge in [-0.2, -0.15) is 5.32 Å². The molecule has 0 spiro atoms. The molecular weight excluding hydrogens is 236 g/mol. The van der Waals surface area contributed by atoms with E-state index in [1.165, 1.54) is 18.2 Å². The van der Waals surface area contributed by atoms with E-state index in [4.69, 9.17) is 0 Å². The monoisotopic (exact) mass is 247 g/mol. The Morgan fingerprint density at radius 2 is 2.06 bits per heavy atom. The van der Waals surface area contributed by atoms with Crippen LogP contribution in [0.15, 0.2) is 24.3 Å². The van der Waals surface area contributed by atoms with Gasteiger partial charge < -0.3 is 0 Å². The van der Waals surface area contributed by atoms with Gasteiger partial charge in [0.25, 0.3) is 11.6 Å². The van der Waals surface area contributed by atoms with E-state index >= 15 is 0 Å². The first-order valence-corrected chi connectivity index (χ1v) is 5.54. The summed E-state index contributed by atoms with van der Waals surface area (Å²) in [4.78, 5) is 33.7. The van der Waals surface area contributed by atoms with Crippen molar-refractivity contribution in [3.05, 3.63) is 39.9 Å². The average Bonchev–Trinajstić information content (AvgIpc) is 2.64. The van der Waals surface area contributed by atoms with Crippen molar-refractivity contribution in [2.45, 2.75) is 25.2 Å². The van der Waals surface area contributed by atoms with Crippen LogP contribution in [-0.4, -0.2) is 16.7 Å². The van der Waals surface area contributed by atoms with Gasteiger partial charge in [-0.1, -0.05) is 25.1 Å². The third-order valence-corrected chi connectivity index (χ3v) is 3.31. The van der Waals surface area contributed by atoms with Gasteiger partial charge in [-0.15, -0.1) is 0 Å². The fourth-order valence-electron chi connectivity index (χ4n) is 2.31. The van der Waals surface area contributed by atoms with Gasteiger partial charge in [0, 0.05) is 18.1 Å². The molecule has 1 aliphatic rings. The fourth-order valence-corrected chi connectivity index (χ4v) is 2.31. The standard InChI is InChI=1S/C12H11N2O4/c1-2-12(7-10(15)13-11(12)16)8-5-3-4-6-9(8)14(17)18/h3-6H,2,7H2,1H3. The number of benzene rings is 1. The quantitative estimate of drug-likeness (QED) is 0.457. The summed E-state index contributed by atoms with van der Waals surface area (Å²) in [7, 11) is 0. The van der Waals surface area contributed by atoms with Crippen molar-refractivity contribution in [2.24, 2.45) is 0 Å². The molecule has 0 aromatic heterocycles. The van der Waals surface area contributed by atoms with Crippen LogP contribution >= 0.6 is 0 Å². The van der Waals surface area contributed by atoms with Crippen LogP contribution in [0.25, 0.3) is 0 Å². The Labute approximate surface area is 103 Å². The van der Waals surface area contributed by atoms with Crippen LogP contribution in [0, 0.1) is 10.1 Å². The zero-order valence-electron chi connectivity index (χ0n) is 9.75. The lowest BCUT2D eigenvalue weighted by atomic mass is 9.76. The number of nitro groups is 1. The Bertz CT molecular complexity index is 541. The summed E-state index contributed by atoms with van der Waals surface area (Å²) < 4.78 is 0. The van der Waals surface area contributed by atoms with Gasteiger partial charge in [0.05, 0.1) is 10.3 Å². The van der Waals surface area contributed by atoms with Gasteiger partial charge in [0.2, 0.25) is 5.91 Å². The van der Waals surface area contributed by atoms with E-state index < -0.39 is 22.2 Å². The van der Waals surface area contributed by atoms with E-state index in [2.05, 4.69) is 5.32 Å². The molecule has 1 fully saturated rings. The second kappa shape index (κ2) is 4.21. The van der Waals surface area contributed by atoms with E-state index in [9.17, 15) is 19.7 Å². The lowest BCUT2D eigenvalue weighted by Crippen LogP contribution is -2.33. The Kier molecular flexibility index (Phi) is 2.86. The highest BCUT2D eigenvalue weighted by atomic mass is 16.6. The maximum absolute atomic E-state index is 11.9. The average molecular weight is 247 g/mol. The molecule has 2 amide bonds. The van der Waals surface area contributed by atoms with E-state index in [1.807, 2.05) is 0 Å². The highest BCUT2D eigenvalue weighted by molar-refractivity contribution is 6.09. The molecule has 0 bridgehead atoms. The minimum atomic E-state index is -1.17. The maximum atomic E-state index is 11.9. The molecule has 1 unspecified atom stereocenters. The zero-order chi connectivity index (χ0) is 13.3. The summed E-state index contributed by atoms with van der Waals surface area (Å²) >= 11 is 0. The van der Waals surface area contributed by atoms with Crippen molar-refractivity contribution in [1.82, 2.24) is 5.32 Å². The number of nitro benzene ring substituents is 1. The Balaban J connectivity index is 2.62. The van der Waals surface area contributed by atoms with Gasteiger partial charge in [-0.25, -0.2) is 0 Å². The van der Waals surface area contributed by atoms with E-state index in [-0.39, 0.29) is 17.7 Å². The van der Waals surface area contributed by atoms with Gasteiger partial charge in [-0.05, 0) is 6.42 Å². The number of amides is 2. The van der Waals surface area contributed by atoms with Crippen molar-refractivity contribution >= 4 is 17.5 Å². The van der Waals surface area contributed by atoms with Gasteiger partial charge in [-0.3, -0.25) is 19.7 Å². The summed E-state index contributed by atoms with van der Waals surface area (Å²) in [5.41, 5.74) is -1.03. The molecule has 93 valence electrons. The van der Waals surface area contributed by atoms with Gasteiger partial charge >= 0.3 is 0 Å². The molecule has 1 saturated heterocycles. The number of hydrogen-bond acceptors (Lipinski definition) is 4. The molecule has 1 aliphatic heterocycles. The molecule has 0 aliphatic carbocycles. The molecule has 1 radical (unpaired) electrons. The lowest BCUT2D eigenvalue weighted by molar-refractivity contribution is -0.386. The lowest BCUT2D eigenvalue weighted by Gasteiger charge is -2.22. The smallest absolute Gasteiger partial charge is 0.272 e. The second-order valence-electron chi connectivity index (χ2n) is 4.20. The van der Waals surface area contributed by atoms with Crippen molar-refractivity contribution in [2.75, 3.05) is 0 Å². The number of imide groups is 1. The Morgan fingerprint density at radius 1 is 1.39 bits per heavy atom. The van der Waals surface area contributed by atoms with Crippen molar-refractivity contribution in [3.63, 3.8) is 0 Å². The first-order chi connectivity index (χ1) is 8.51. The molecule has 0 saturated carbocycles. The summed E-state index contributed by atoms with van der Waals surface area (Å²) in [6, 6.07) is 6.01. The third-order valence-electron chi connectivity index (χ3n) is 3.31. The molecule has 6 nitrogen and oxygen atoms in total. The summed E-state index contributed by atoms with van der Waals surface area (Å²) in [5.74, 6) is -1.09. The molecule has 1 heterocycles. The van der Waals surface area contributed by atoms with Crippen LogP contribution in [0.2, 0.25) is 0 Å². The van der Waals surface area contributed by atoms with Crippen molar-refractivity contribution in [1.29, 1.82) is 0 Å². The predicted molar refractivity (Wildman–Crippen MR) is 61.8 cm³/mol. The molecule has 1 aromatic rings. The number of carbonyl (C=O) groups is 2. The Hall–Kier alpha value is -2.24. The van der Waals surface area contributed by atoms with Crippen LogP contribution in [0.3, 0.4) is 0 Å². The number of rotatable bonds is 3. The highest BCUT2D eigenvalue weighted by Gasteiger charge is 2.50. The van der Waals surface area contributed by atoms with E-state index in [0.29, 0.717) is 6.42 Å². The molecule has 6 heteroatoms. The first-order valence-electron chi connectivity index (χ1n) is 5.54. The van der Waals surface area contributed by atoms with Crippen LogP contribution in [0.4, 0.5) is 5.69 Å². The van der Waals surface area contributed by atoms with E-state index in [0.717, 1.165) is 0 Å². The largest absolute Gasteiger partial charge is 0.273 e. The number of carbonyl (C=O) groups excluding carboxylic acids is 2. The second-order valence-corrected chi connectivity index (χ2v) is 4.20. The predicted octanol–water partition coefficient (Wildman–Crippen LogP) is 1.30. The number of hydrogen-bond donors (Lipinski definition) is 0. The minimum absolute atomic E-state index is 0.0901. The molecule has 0 N–H and O–H groups in total. The van der Waals surface area contributed by atoms with Gasteiger partial charge in [0.15, 0.2) is 0 Å². The molecule has 1 atom stereocenters. The maximum Gasteiger partial charge on any atom is 0.273 e. The zero-order valence-corrected chi connectivity index (χ0v) is 9.75. The van der Waals surface area contributed by atoms with Crippen LogP contribution < -0.4 is 5.32 Å². The SMILES string of the molecule is CCC1(c2ccccc2[N+](=O)[O-])CC(=O)[N]C1=O. The van der Waals surface area contributed by atoms with Crippen LogP contribution in [0.1, 0.15) is 25.3 Å². The topological polar surface area (TPSA) is 91.4 Å². The summed E-state index contributed by atoms with van der Waals surface area (Å²) in [5, 5.41) is 14.4. The fraction of sp³-hybridized carbons (Fsp3) is 0.333. The molecule has 18 heavy (non-hydrogen) atoms. The van der Waals surface area contributed by atoms with Gasteiger partial charge in [0.1, 0.15) is 0 Å². The first kappa shape index (κ1) is 12.2. The van der Waals surface area contributed by atoms with Crippen LogP contribution in [-0.2, 0) is 15.0 Å². The van der Waals surface area contributed by atoms with Crippen LogP contribution in [0.5, 0.6) is 0 Å². The molecule has 2 rings (SSSR count). The van der Waals surface area contributed by atoms with Crippen molar-refractivity contribution < 1.29 is 14.5 Å². The number of para-hydroxylation sites is 1. The minimum Gasteiger partial charge on any atom is -0.272 e. The Morgan fingerprint density at radius 3 is 2.56 bits per heavy atom. The molecular formula is C12H11N2O4. The third kappa shape index (κ3) is 1.66. The highest BCUT2D eigenvalue weighted by Crippen LogP contribution is 2.40.